The molecular weight excluding hydrogens is 286 g/mol. The molecule has 2 N–H and O–H groups in total. The number of amides is 1. The van der Waals surface area contributed by atoms with Gasteiger partial charge in [-0.15, -0.1) is 0 Å². The van der Waals surface area contributed by atoms with Gasteiger partial charge in [-0.25, -0.2) is 0 Å². The molecule has 0 spiro atoms. The first-order valence-corrected chi connectivity index (χ1v) is 6.76. The lowest BCUT2D eigenvalue weighted by atomic mass is 10.1. The quantitative estimate of drug-likeness (QED) is 0.836. The Hall–Kier alpha value is -2.28. The summed E-state index contributed by atoms with van der Waals surface area (Å²) < 4.78 is 0. The highest BCUT2D eigenvalue weighted by Gasteiger charge is 2.11. The zero-order valence-electron chi connectivity index (χ0n) is 11.5. The van der Waals surface area contributed by atoms with Crippen molar-refractivity contribution in [3.8, 4) is 11.8 Å². The molecule has 0 saturated heterocycles. The Kier molecular flexibility index (Phi) is 4.99. The summed E-state index contributed by atoms with van der Waals surface area (Å²) in [5.41, 5.74) is 2.63. The van der Waals surface area contributed by atoms with E-state index in [4.69, 9.17) is 16.7 Å². The van der Waals surface area contributed by atoms with Crippen molar-refractivity contribution in [3.63, 3.8) is 0 Å². The van der Waals surface area contributed by atoms with Gasteiger partial charge >= 0.3 is 0 Å². The third kappa shape index (κ3) is 3.85. The monoisotopic (exact) mass is 299 g/mol. The number of benzene rings is 2. The molecule has 0 aliphatic heterocycles. The molecule has 0 atom stereocenters. The van der Waals surface area contributed by atoms with E-state index in [9.17, 15) is 4.79 Å². The molecule has 0 heterocycles. The minimum atomic E-state index is -0.247. The van der Waals surface area contributed by atoms with Crippen LogP contribution < -0.4 is 5.32 Å². The Morgan fingerprint density at radius 1 is 1.29 bits per heavy atom. The van der Waals surface area contributed by atoms with Crippen molar-refractivity contribution in [3.05, 3.63) is 64.2 Å². The Balaban J connectivity index is 2.28. The number of carbonyl (C=O) groups is 1. The van der Waals surface area contributed by atoms with Gasteiger partial charge in [-0.05, 0) is 42.8 Å². The first-order chi connectivity index (χ1) is 10.1. The molecule has 2 aromatic carbocycles. The van der Waals surface area contributed by atoms with Crippen LogP contribution in [0.15, 0.2) is 42.5 Å². The predicted molar refractivity (Wildman–Crippen MR) is 84.5 cm³/mol. The zero-order chi connectivity index (χ0) is 15.2. The lowest BCUT2D eigenvalue weighted by Gasteiger charge is -2.09. The lowest BCUT2D eigenvalue weighted by Crippen LogP contribution is -2.14. The first-order valence-electron chi connectivity index (χ1n) is 6.38. The van der Waals surface area contributed by atoms with E-state index >= 15 is 0 Å². The highest BCUT2D eigenvalue weighted by Crippen LogP contribution is 2.20. The van der Waals surface area contributed by atoms with Gasteiger partial charge in [-0.1, -0.05) is 35.6 Å². The van der Waals surface area contributed by atoms with E-state index in [1.54, 1.807) is 42.5 Å². The molecule has 0 aliphatic rings. The fourth-order valence-corrected chi connectivity index (χ4v) is 2.11. The van der Waals surface area contributed by atoms with Gasteiger partial charge < -0.3 is 10.4 Å². The molecular formula is C17H14ClNO2. The topological polar surface area (TPSA) is 49.3 Å². The van der Waals surface area contributed by atoms with Crippen LogP contribution in [0.1, 0.15) is 21.5 Å². The van der Waals surface area contributed by atoms with Crippen LogP contribution in [0.3, 0.4) is 0 Å². The number of aryl methyl sites for hydroxylation is 1. The molecule has 3 nitrogen and oxygen atoms in total. The highest BCUT2D eigenvalue weighted by atomic mass is 35.5. The van der Waals surface area contributed by atoms with Crippen LogP contribution in [0, 0.1) is 18.8 Å². The van der Waals surface area contributed by atoms with Gasteiger partial charge in [0.05, 0.1) is 5.56 Å². The molecule has 0 aliphatic carbocycles. The van der Waals surface area contributed by atoms with Crippen molar-refractivity contribution in [2.75, 3.05) is 11.9 Å². The summed E-state index contributed by atoms with van der Waals surface area (Å²) in [6.45, 7) is 1.63. The first kappa shape index (κ1) is 15.1. The Morgan fingerprint density at radius 2 is 2.05 bits per heavy atom. The van der Waals surface area contributed by atoms with Gasteiger partial charge in [-0.3, -0.25) is 4.79 Å². The summed E-state index contributed by atoms with van der Waals surface area (Å²) >= 11 is 5.90. The van der Waals surface area contributed by atoms with Gasteiger partial charge in [0.1, 0.15) is 6.61 Å². The van der Waals surface area contributed by atoms with Gasteiger partial charge in [0.25, 0.3) is 5.91 Å². The SMILES string of the molecule is Cc1cc(Cl)ccc1NC(=O)c1ccccc1C#CCO. The number of aliphatic hydroxyl groups excluding tert-OH is 1. The van der Waals surface area contributed by atoms with Crippen LogP contribution in [-0.2, 0) is 0 Å². The molecule has 0 fully saturated rings. The summed E-state index contributed by atoms with van der Waals surface area (Å²) in [4.78, 5) is 12.4. The molecule has 0 radical (unpaired) electrons. The molecule has 4 heteroatoms. The number of carbonyl (C=O) groups excluding carboxylic acids is 1. The molecule has 0 saturated carbocycles. The molecule has 106 valence electrons. The number of hydrogen-bond donors (Lipinski definition) is 2. The van der Waals surface area contributed by atoms with E-state index in [0.29, 0.717) is 21.8 Å². The fourth-order valence-electron chi connectivity index (χ4n) is 1.88. The number of aliphatic hydroxyl groups is 1. The summed E-state index contributed by atoms with van der Waals surface area (Å²) in [5.74, 6) is 5.08. The van der Waals surface area contributed by atoms with Crippen LogP contribution >= 0.6 is 11.6 Å². The maximum absolute atomic E-state index is 12.4. The van der Waals surface area contributed by atoms with Crippen molar-refractivity contribution in [1.82, 2.24) is 0 Å². The molecule has 21 heavy (non-hydrogen) atoms. The predicted octanol–water partition coefficient (Wildman–Crippen LogP) is 3.24. The van der Waals surface area contributed by atoms with E-state index in [1.165, 1.54) is 0 Å². The maximum atomic E-state index is 12.4. The number of halogens is 1. The van der Waals surface area contributed by atoms with Crippen LogP contribution in [0.5, 0.6) is 0 Å². The molecule has 0 unspecified atom stereocenters. The van der Waals surface area contributed by atoms with Crippen LogP contribution in [-0.4, -0.2) is 17.6 Å². The van der Waals surface area contributed by atoms with Gasteiger partial charge in [0.15, 0.2) is 0 Å². The Morgan fingerprint density at radius 3 is 2.76 bits per heavy atom. The van der Waals surface area contributed by atoms with E-state index in [0.717, 1.165) is 5.56 Å². The van der Waals surface area contributed by atoms with E-state index in [1.807, 2.05) is 6.92 Å². The van der Waals surface area contributed by atoms with Crippen molar-refractivity contribution >= 4 is 23.2 Å². The molecule has 0 aromatic heterocycles. The standard InChI is InChI=1S/C17H14ClNO2/c1-12-11-14(18)8-9-16(12)19-17(21)15-7-3-2-5-13(15)6-4-10-20/h2-3,5,7-9,11,20H,10H2,1H3,(H,19,21). The fraction of sp³-hybridized carbons (Fsp3) is 0.118. The minimum absolute atomic E-state index is 0.244. The largest absolute Gasteiger partial charge is 0.384 e. The normalized spacial score (nSPS) is 9.67. The van der Waals surface area contributed by atoms with Gasteiger partial charge in [0, 0.05) is 16.3 Å². The number of rotatable bonds is 2. The second kappa shape index (κ2) is 6.94. The second-order valence-corrected chi connectivity index (χ2v) is 4.86. The van der Waals surface area contributed by atoms with E-state index in [2.05, 4.69) is 17.2 Å². The average Bonchev–Trinajstić information content (AvgIpc) is 2.48. The van der Waals surface area contributed by atoms with Gasteiger partial charge in [-0.2, -0.15) is 0 Å². The summed E-state index contributed by atoms with van der Waals surface area (Å²) in [6.07, 6.45) is 0. The van der Waals surface area contributed by atoms with E-state index < -0.39 is 0 Å². The van der Waals surface area contributed by atoms with Crippen LogP contribution in [0.2, 0.25) is 5.02 Å². The summed E-state index contributed by atoms with van der Waals surface area (Å²) in [6, 6.07) is 12.3. The minimum Gasteiger partial charge on any atom is -0.384 e. The Labute approximate surface area is 128 Å². The average molecular weight is 300 g/mol. The number of anilines is 1. The van der Waals surface area contributed by atoms with Crippen molar-refractivity contribution in [2.45, 2.75) is 6.92 Å². The van der Waals surface area contributed by atoms with Gasteiger partial charge in [0.2, 0.25) is 0 Å². The van der Waals surface area contributed by atoms with Crippen molar-refractivity contribution in [2.24, 2.45) is 0 Å². The number of nitrogens with one attached hydrogen (secondary N) is 1. The second-order valence-electron chi connectivity index (χ2n) is 4.42. The lowest BCUT2D eigenvalue weighted by molar-refractivity contribution is 0.102. The smallest absolute Gasteiger partial charge is 0.256 e. The third-order valence-corrected chi connectivity index (χ3v) is 3.15. The molecule has 1 amide bonds. The maximum Gasteiger partial charge on any atom is 0.256 e. The highest BCUT2D eigenvalue weighted by molar-refractivity contribution is 6.30. The van der Waals surface area contributed by atoms with Crippen LogP contribution in [0.25, 0.3) is 0 Å². The number of hydrogen-bond acceptors (Lipinski definition) is 2. The van der Waals surface area contributed by atoms with Crippen LogP contribution in [0.4, 0.5) is 5.69 Å². The summed E-state index contributed by atoms with van der Waals surface area (Å²) in [5, 5.41) is 12.2. The molecule has 2 aromatic rings. The molecule has 0 bridgehead atoms. The Bertz CT molecular complexity index is 729. The molecule has 2 rings (SSSR count). The zero-order valence-corrected chi connectivity index (χ0v) is 12.2. The van der Waals surface area contributed by atoms with Crippen molar-refractivity contribution in [1.29, 1.82) is 0 Å². The van der Waals surface area contributed by atoms with Crippen molar-refractivity contribution < 1.29 is 9.90 Å². The summed E-state index contributed by atoms with van der Waals surface area (Å²) in [7, 11) is 0. The van der Waals surface area contributed by atoms with E-state index in [-0.39, 0.29) is 12.5 Å². The third-order valence-electron chi connectivity index (χ3n) is 2.91.